The standard InChI is InChI=1S/C19H29N3O6S2/c1-12(2)15(17(24)27-6)21-16(23)13(20-18(25)28-19(3,4)5)11-29-30-14-9-7-8-10-22(14)26/h7-10,12-13,15H,11H2,1-6H3,(H,20,25)(H,21,23)/t13-,15-/m0/s1. The molecule has 1 rings (SSSR count). The predicted molar refractivity (Wildman–Crippen MR) is 116 cm³/mol. The molecule has 1 aromatic heterocycles. The first-order valence-corrected chi connectivity index (χ1v) is 11.6. The number of nitrogens with zero attached hydrogens (tertiary/aromatic N) is 1. The van der Waals surface area contributed by atoms with Crippen molar-refractivity contribution in [2.24, 2.45) is 5.92 Å². The van der Waals surface area contributed by atoms with Crippen molar-refractivity contribution in [3.05, 3.63) is 29.6 Å². The van der Waals surface area contributed by atoms with Crippen molar-refractivity contribution >= 4 is 39.6 Å². The fourth-order valence-electron chi connectivity index (χ4n) is 2.15. The first-order valence-electron chi connectivity index (χ1n) is 9.30. The van der Waals surface area contributed by atoms with Crippen molar-refractivity contribution in [1.29, 1.82) is 0 Å². The van der Waals surface area contributed by atoms with Crippen LogP contribution in [-0.2, 0) is 19.1 Å². The second-order valence-corrected chi connectivity index (χ2v) is 10.0. The molecule has 2 amide bonds. The van der Waals surface area contributed by atoms with Gasteiger partial charge < -0.3 is 25.3 Å². The van der Waals surface area contributed by atoms with Gasteiger partial charge in [0.1, 0.15) is 17.7 Å². The maximum atomic E-state index is 12.8. The van der Waals surface area contributed by atoms with Gasteiger partial charge in [-0.2, -0.15) is 4.73 Å². The number of esters is 1. The Balaban J connectivity index is 2.87. The van der Waals surface area contributed by atoms with Crippen molar-refractivity contribution < 1.29 is 28.6 Å². The van der Waals surface area contributed by atoms with Crippen LogP contribution in [0.5, 0.6) is 0 Å². The summed E-state index contributed by atoms with van der Waals surface area (Å²) in [6.07, 6.45) is 0.612. The zero-order valence-corrected chi connectivity index (χ0v) is 19.6. The lowest BCUT2D eigenvalue weighted by molar-refractivity contribution is -0.645. The maximum Gasteiger partial charge on any atom is 0.408 e. The number of methoxy groups -OCH3 is 1. The summed E-state index contributed by atoms with van der Waals surface area (Å²) in [7, 11) is 3.63. The van der Waals surface area contributed by atoms with E-state index in [1.165, 1.54) is 34.9 Å². The minimum absolute atomic E-state index is 0.136. The van der Waals surface area contributed by atoms with Crippen LogP contribution < -0.4 is 15.4 Å². The lowest BCUT2D eigenvalue weighted by atomic mass is 10.0. The molecule has 11 heteroatoms. The molecule has 2 N–H and O–H groups in total. The number of aromatic nitrogens is 1. The Morgan fingerprint density at radius 3 is 2.40 bits per heavy atom. The van der Waals surface area contributed by atoms with Gasteiger partial charge in [0, 0.05) is 28.7 Å². The molecule has 0 radical (unpaired) electrons. The van der Waals surface area contributed by atoms with Crippen molar-refractivity contribution in [1.82, 2.24) is 10.6 Å². The Bertz CT molecular complexity index is 739. The van der Waals surface area contributed by atoms with E-state index in [0.717, 1.165) is 0 Å². The molecule has 0 aromatic carbocycles. The van der Waals surface area contributed by atoms with Gasteiger partial charge in [-0.3, -0.25) is 4.79 Å². The molecule has 1 aromatic rings. The third-order valence-electron chi connectivity index (χ3n) is 3.59. The Hall–Kier alpha value is -2.14. The topological polar surface area (TPSA) is 121 Å². The van der Waals surface area contributed by atoms with Crippen molar-refractivity contribution in [2.75, 3.05) is 12.9 Å². The number of rotatable bonds is 9. The van der Waals surface area contributed by atoms with E-state index < -0.39 is 35.7 Å². The van der Waals surface area contributed by atoms with Gasteiger partial charge in [0.25, 0.3) is 5.03 Å². The van der Waals surface area contributed by atoms with E-state index in [1.807, 2.05) is 0 Å². The zero-order valence-electron chi connectivity index (χ0n) is 18.0. The van der Waals surface area contributed by atoms with E-state index in [4.69, 9.17) is 9.47 Å². The molecular formula is C19H29N3O6S2. The van der Waals surface area contributed by atoms with Crippen LogP contribution >= 0.6 is 21.6 Å². The van der Waals surface area contributed by atoms with Crippen LogP contribution in [0.1, 0.15) is 34.6 Å². The molecule has 0 spiro atoms. The number of pyridine rings is 1. The number of amides is 2. The number of nitrogens with one attached hydrogen (secondary N) is 2. The highest BCUT2D eigenvalue weighted by molar-refractivity contribution is 8.76. The van der Waals surface area contributed by atoms with Gasteiger partial charge in [0.2, 0.25) is 5.91 Å². The summed E-state index contributed by atoms with van der Waals surface area (Å²) in [5, 5.41) is 17.3. The monoisotopic (exact) mass is 459 g/mol. The van der Waals surface area contributed by atoms with Gasteiger partial charge in [-0.05, 0) is 32.8 Å². The van der Waals surface area contributed by atoms with Gasteiger partial charge in [0.05, 0.1) is 7.11 Å². The van der Waals surface area contributed by atoms with Crippen molar-refractivity contribution in [3.8, 4) is 0 Å². The normalized spacial score (nSPS) is 13.3. The highest BCUT2D eigenvalue weighted by Crippen LogP contribution is 2.28. The number of hydrogen-bond donors (Lipinski definition) is 2. The van der Waals surface area contributed by atoms with Gasteiger partial charge in [0.15, 0.2) is 6.20 Å². The van der Waals surface area contributed by atoms with E-state index in [1.54, 1.807) is 52.8 Å². The Labute approximate surface area is 184 Å². The number of alkyl carbamates (subject to hydrolysis) is 1. The number of ether oxygens (including phenoxy) is 2. The summed E-state index contributed by atoms with van der Waals surface area (Å²) in [6, 6.07) is 3.13. The minimum atomic E-state index is -0.993. The van der Waals surface area contributed by atoms with Gasteiger partial charge in [-0.1, -0.05) is 24.6 Å². The first-order chi connectivity index (χ1) is 13.9. The van der Waals surface area contributed by atoms with Crippen LogP contribution in [0.2, 0.25) is 0 Å². The molecular weight excluding hydrogens is 430 g/mol. The summed E-state index contributed by atoms with van der Waals surface area (Å²) in [6.45, 7) is 8.67. The second-order valence-electron chi connectivity index (χ2n) is 7.68. The van der Waals surface area contributed by atoms with Gasteiger partial charge in [-0.25, -0.2) is 9.59 Å². The first kappa shape index (κ1) is 25.9. The second kappa shape index (κ2) is 11.9. The fraction of sp³-hybridized carbons (Fsp3) is 0.579. The fourth-order valence-corrected chi connectivity index (χ4v) is 4.34. The molecule has 0 fully saturated rings. The lowest BCUT2D eigenvalue weighted by Crippen LogP contribution is -2.54. The molecule has 0 unspecified atom stereocenters. The molecule has 0 saturated carbocycles. The van der Waals surface area contributed by atoms with Crippen LogP contribution in [0.3, 0.4) is 0 Å². The van der Waals surface area contributed by atoms with Gasteiger partial charge in [-0.15, -0.1) is 0 Å². The molecule has 168 valence electrons. The van der Waals surface area contributed by atoms with Crippen LogP contribution in [0, 0.1) is 11.1 Å². The summed E-state index contributed by atoms with van der Waals surface area (Å²) in [5.74, 6) is -1.21. The molecule has 1 heterocycles. The molecule has 0 aliphatic rings. The predicted octanol–water partition coefficient (Wildman–Crippen LogP) is 2.27. The minimum Gasteiger partial charge on any atom is -0.618 e. The number of carbonyl (C=O) groups excluding carboxylic acids is 3. The molecule has 0 aliphatic heterocycles. The highest BCUT2D eigenvalue weighted by Gasteiger charge is 2.30. The molecule has 9 nitrogen and oxygen atoms in total. The highest BCUT2D eigenvalue weighted by atomic mass is 33.1. The third-order valence-corrected chi connectivity index (χ3v) is 5.94. The molecule has 0 saturated heterocycles. The average molecular weight is 460 g/mol. The molecule has 0 bridgehead atoms. The zero-order chi connectivity index (χ0) is 22.9. The quantitative estimate of drug-likeness (QED) is 0.250. The molecule has 2 atom stereocenters. The number of hydrogen-bond acceptors (Lipinski definition) is 8. The maximum absolute atomic E-state index is 12.8. The van der Waals surface area contributed by atoms with E-state index in [2.05, 4.69) is 10.6 Å². The largest absolute Gasteiger partial charge is 0.618 e. The summed E-state index contributed by atoms with van der Waals surface area (Å²) < 4.78 is 10.7. The van der Waals surface area contributed by atoms with Crippen LogP contribution in [0.4, 0.5) is 4.79 Å². The van der Waals surface area contributed by atoms with Crippen LogP contribution in [0.15, 0.2) is 29.4 Å². The van der Waals surface area contributed by atoms with Crippen LogP contribution in [-0.4, -0.2) is 48.5 Å². The van der Waals surface area contributed by atoms with E-state index in [-0.39, 0.29) is 11.7 Å². The van der Waals surface area contributed by atoms with Crippen molar-refractivity contribution in [2.45, 2.75) is 57.3 Å². The third kappa shape index (κ3) is 9.12. The Morgan fingerprint density at radius 1 is 1.20 bits per heavy atom. The van der Waals surface area contributed by atoms with E-state index >= 15 is 0 Å². The Kier molecular flexibility index (Phi) is 10.3. The molecule has 30 heavy (non-hydrogen) atoms. The summed E-state index contributed by atoms with van der Waals surface area (Å²) in [5.41, 5.74) is -0.738. The average Bonchev–Trinajstić information content (AvgIpc) is 2.64. The SMILES string of the molecule is COC(=O)[C@@H](NC(=O)[C@H](CSSc1cccc[n+]1[O-])NC(=O)OC(C)(C)C)C(C)C. The van der Waals surface area contributed by atoms with Crippen LogP contribution in [0.25, 0.3) is 0 Å². The van der Waals surface area contributed by atoms with E-state index in [0.29, 0.717) is 9.76 Å². The molecule has 0 aliphatic carbocycles. The van der Waals surface area contributed by atoms with Crippen molar-refractivity contribution in [3.63, 3.8) is 0 Å². The smallest absolute Gasteiger partial charge is 0.408 e. The Morgan fingerprint density at radius 2 is 1.87 bits per heavy atom. The summed E-state index contributed by atoms with van der Waals surface area (Å²) in [4.78, 5) is 37.0. The summed E-state index contributed by atoms with van der Waals surface area (Å²) >= 11 is 0. The van der Waals surface area contributed by atoms with Gasteiger partial charge >= 0.3 is 12.1 Å². The van der Waals surface area contributed by atoms with E-state index in [9.17, 15) is 19.6 Å². The number of carbonyl (C=O) groups is 3. The lowest BCUT2D eigenvalue weighted by Gasteiger charge is -2.25.